The number of carbonyl (C=O) groups is 1. The zero-order valence-corrected chi connectivity index (χ0v) is 10.3. The van der Waals surface area contributed by atoms with Crippen LogP contribution in [0.1, 0.15) is 19.3 Å². The van der Waals surface area contributed by atoms with Crippen molar-refractivity contribution in [3.8, 4) is 0 Å². The predicted octanol–water partition coefficient (Wildman–Crippen LogP) is 1.50. The summed E-state index contributed by atoms with van der Waals surface area (Å²) in [5.41, 5.74) is -0.0452. The molecule has 1 spiro atoms. The first-order valence-electron chi connectivity index (χ1n) is 6.11. The Hall–Kier alpha value is -0.0600. The van der Waals surface area contributed by atoms with Crippen LogP contribution in [0.5, 0.6) is 0 Å². The second-order valence-corrected chi connectivity index (χ2v) is 6.21. The highest BCUT2D eigenvalue weighted by atomic mass is 32.2. The average molecular weight is 242 g/mol. The summed E-state index contributed by atoms with van der Waals surface area (Å²) in [5, 5.41) is 0. The van der Waals surface area contributed by atoms with Gasteiger partial charge in [-0.2, -0.15) is 11.8 Å². The molecule has 0 aromatic carbocycles. The Balaban J connectivity index is 1.69. The van der Waals surface area contributed by atoms with Crippen LogP contribution in [0.3, 0.4) is 0 Å². The first-order valence-corrected chi connectivity index (χ1v) is 7.27. The molecule has 3 aliphatic rings. The highest BCUT2D eigenvalue weighted by molar-refractivity contribution is 8.00. The van der Waals surface area contributed by atoms with Crippen molar-refractivity contribution >= 4 is 17.5 Å². The van der Waals surface area contributed by atoms with E-state index in [-0.39, 0.29) is 5.60 Å². The van der Waals surface area contributed by atoms with Gasteiger partial charge in [-0.1, -0.05) is 0 Å². The lowest BCUT2D eigenvalue weighted by Crippen LogP contribution is -2.43. The Morgan fingerprint density at radius 2 is 2.31 bits per heavy atom. The van der Waals surface area contributed by atoms with Gasteiger partial charge < -0.3 is 9.47 Å². The van der Waals surface area contributed by atoms with E-state index in [9.17, 15) is 4.79 Å². The Kier molecular flexibility index (Phi) is 2.98. The Labute approximate surface area is 100 Å². The molecule has 0 amide bonds. The van der Waals surface area contributed by atoms with E-state index in [4.69, 9.17) is 9.47 Å². The molecule has 0 bridgehead atoms. The molecule has 3 nitrogen and oxygen atoms in total. The van der Waals surface area contributed by atoms with Gasteiger partial charge in [-0.15, -0.1) is 0 Å². The van der Waals surface area contributed by atoms with Crippen LogP contribution in [-0.4, -0.2) is 42.7 Å². The van der Waals surface area contributed by atoms with E-state index in [0.717, 1.165) is 50.6 Å². The molecular formula is C12H18O3S. The number of thioether (sulfide) groups is 1. The maximum atomic E-state index is 11.8. The lowest BCUT2D eigenvalue weighted by atomic mass is 9.77. The molecule has 0 saturated carbocycles. The molecule has 0 N–H and O–H groups in total. The van der Waals surface area contributed by atoms with Crippen molar-refractivity contribution in [3.05, 3.63) is 0 Å². The third-order valence-corrected chi connectivity index (χ3v) is 5.21. The topological polar surface area (TPSA) is 35.5 Å². The number of hydrogen-bond donors (Lipinski definition) is 0. The van der Waals surface area contributed by atoms with Crippen LogP contribution in [-0.2, 0) is 14.3 Å². The number of hydrogen-bond acceptors (Lipinski definition) is 4. The third-order valence-electron chi connectivity index (χ3n) is 4.12. The zero-order valence-electron chi connectivity index (χ0n) is 9.44. The second-order valence-electron chi connectivity index (χ2n) is 5.17. The van der Waals surface area contributed by atoms with Crippen LogP contribution in [0.2, 0.25) is 0 Å². The lowest BCUT2D eigenvalue weighted by molar-refractivity contribution is -0.128. The number of carbonyl (C=O) groups excluding carboxylic acids is 1. The summed E-state index contributed by atoms with van der Waals surface area (Å²) in [6.07, 6.45) is 3.10. The molecule has 4 heteroatoms. The van der Waals surface area contributed by atoms with E-state index in [0.29, 0.717) is 17.6 Å². The molecule has 0 aromatic rings. The van der Waals surface area contributed by atoms with Gasteiger partial charge in [-0.3, -0.25) is 4.79 Å². The van der Waals surface area contributed by atoms with Crippen molar-refractivity contribution in [1.82, 2.24) is 0 Å². The molecule has 90 valence electrons. The predicted molar refractivity (Wildman–Crippen MR) is 62.7 cm³/mol. The first-order chi connectivity index (χ1) is 7.79. The molecule has 0 aliphatic carbocycles. The van der Waals surface area contributed by atoms with Crippen LogP contribution >= 0.6 is 11.8 Å². The summed E-state index contributed by atoms with van der Waals surface area (Å²) in [6.45, 7) is 2.36. The Bertz CT molecular complexity index is 286. The quantitative estimate of drug-likeness (QED) is 0.698. The van der Waals surface area contributed by atoms with Gasteiger partial charge in [0.2, 0.25) is 0 Å². The standard InChI is InChI=1S/C12H18O3S/c13-11-7-16-6-10(11)9-1-3-15-12(5-9)2-4-14-8-12/h9-10H,1-8H2. The number of Topliss-reactive ketones (excluding diaryl/α,β-unsaturated/α-hetero) is 1. The normalized spacial score (nSPS) is 44.4. The molecule has 3 aliphatic heterocycles. The van der Waals surface area contributed by atoms with Gasteiger partial charge in [0.15, 0.2) is 0 Å². The van der Waals surface area contributed by atoms with E-state index >= 15 is 0 Å². The van der Waals surface area contributed by atoms with E-state index in [1.54, 1.807) is 11.8 Å². The molecule has 0 radical (unpaired) electrons. The van der Waals surface area contributed by atoms with Crippen molar-refractivity contribution in [2.24, 2.45) is 11.8 Å². The molecule has 3 atom stereocenters. The number of ketones is 1. The highest BCUT2D eigenvalue weighted by Gasteiger charge is 2.45. The fourth-order valence-electron chi connectivity index (χ4n) is 3.16. The molecule has 3 saturated heterocycles. The van der Waals surface area contributed by atoms with Crippen molar-refractivity contribution in [1.29, 1.82) is 0 Å². The van der Waals surface area contributed by atoms with Crippen molar-refractivity contribution in [2.75, 3.05) is 31.3 Å². The van der Waals surface area contributed by atoms with Gasteiger partial charge in [0.25, 0.3) is 0 Å². The molecule has 16 heavy (non-hydrogen) atoms. The van der Waals surface area contributed by atoms with Crippen LogP contribution in [0, 0.1) is 11.8 Å². The molecule has 3 heterocycles. The average Bonchev–Trinajstić information content (AvgIpc) is 2.88. The molecular weight excluding hydrogens is 224 g/mol. The summed E-state index contributed by atoms with van der Waals surface area (Å²) in [7, 11) is 0. The maximum Gasteiger partial charge on any atom is 0.146 e. The lowest BCUT2D eigenvalue weighted by Gasteiger charge is -2.38. The number of ether oxygens (including phenoxy) is 2. The zero-order chi connectivity index (χ0) is 11.0. The van der Waals surface area contributed by atoms with Gasteiger partial charge >= 0.3 is 0 Å². The van der Waals surface area contributed by atoms with E-state index in [1.807, 2.05) is 0 Å². The fraction of sp³-hybridized carbons (Fsp3) is 0.917. The summed E-state index contributed by atoms with van der Waals surface area (Å²) >= 11 is 1.79. The largest absolute Gasteiger partial charge is 0.378 e. The fourth-order valence-corrected chi connectivity index (χ4v) is 4.40. The minimum atomic E-state index is -0.0452. The summed E-state index contributed by atoms with van der Waals surface area (Å²) < 4.78 is 11.4. The maximum absolute atomic E-state index is 11.8. The molecule has 3 unspecified atom stereocenters. The second kappa shape index (κ2) is 4.31. The summed E-state index contributed by atoms with van der Waals surface area (Å²) in [4.78, 5) is 11.8. The van der Waals surface area contributed by atoms with Crippen molar-refractivity contribution < 1.29 is 14.3 Å². The van der Waals surface area contributed by atoms with E-state index in [1.165, 1.54) is 0 Å². The van der Waals surface area contributed by atoms with Crippen LogP contribution in [0.25, 0.3) is 0 Å². The third kappa shape index (κ3) is 1.91. The van der Waals surface area contributed by atoms with Gasteiger partial charge in [0.05, 0.1) is 18.0 Å². The minimum Gasteiger partial charge on any atom is -0.378 e. The van der Waals surface area contributed by atoms with Crippen molar-refractivity contribution in [3.63, 3.8) is 0 Å². The smallest absolute Gasteiger partial charge is 0.146 e. The Morgan fingerprint density at radius 3 is 3.00 bits per heavy atom. The highest BCUT2D eigenvalue weighted by Crippen LogP contribution is 2.41. The summed E-state index contributed by atoms with van der Waals surface area (Å²) in [5.74, 6) is 3.06. The van der Waals surface area contributed by atoms with Gasteiger partial charge in [-0.05, 0) is 18.8 Å². The van der Waals surface area contributed by atoms with Crippen molar-refractivity contribution in [2.45, 2.75) is 24.9 Å². The minimum absolute atomic E-state index is 0.0452. The molecule has 3 rings (SSSR count). The molecule has 3 fully saturated rings. The summed E-state index contributed by atoms with van der Waals surface area (Å²) in [6, 6.07) is 0. The monoisotopic (exact) mass is 242 g/mol. The molecule has 0 aromatic heterocycles. The van der Waals surface area contributed by atoms with Crippen LogP contribution in [0.15, 0.2) is 0 Å². The first kappa shape index (κ1) is 11.1. The van der Waals surface area contributed by atoms with Gasteiger partial charge in [-0.25, -0.2) is 0 Å². The van der Waals surface area contributed by atoms with Gasteiger partial charge in [0.1, 0.15) is 5.78 Å². The Morgan fingerprint density at radius 1 is 1.38 bits per heavy atom. The van der Waals surface area contributed by atoms with Crippen LogP contribution in [0.4, 0.5) is 0 Å². The van der Waals surface area contributed by atoms with Crippen LogP contribution < -0.4 is 0 Å². The van der Waals surface area contributed by atoms with Gasteiger partial charge in [0, 0.05) is 31.3 Å². The SMILES string of the molecule is O=C1CSCC1C1CCOC2(CCOC2)C1. The number of rotatable bonds is 1. The van der Waals surface area contributed by atoms with E-state index < -0.39 is 0 Å². The van der Waals surface area contributed by atoms with E-state index in [2.05, 4.69) is 0 Å².